The summed E-state index contributed by atoms with van der Waals surface area (Å²) in [4.78, 5) is 25.8. The first-order valence-corrected chi connectivity index (χ1v) is 7.32. The monoisotopic (exact) mass is 267 g/mol. The van der Waals surface area contributed by atoms with Gasteiger partial charge in [0.25, 0.3) is 0 Å². The molecule has 4 atom stereocenters. The summed E-state index contributed by atoms with van der Waals surface area (Å²) in [6, 6.07) is 0.125. The quantitative estimate of drug-likeness (QED) is 0.764. The first-order chi connectivity index (χ1) is 8.99. The van der Waals surface area contributed by atoms with Gasteiger partial charge < -0.3 is 16.0 Å². The molecular formula is C14H25N3O2. The van der Waals surface area contributed by atoms with Gasteiger partial charge in [-0.15, -0.1) is 0 Å². The van der Waals surface area contributed by atoms with Crippen molar-refractivity contribution in [1.29, 1.82) is 0 Å². The van der Waals surface area contributed by atoms with E-state index in [2.05, 4.69) is 19.2 Å². The largest absolute Gasteiger partial charge is 0.369 e. The molecule has 0 saturated carbocycles. The molecule has 0 aromatic heterocycles. The van der Waals surface area contributed by atoms with E-state index in [1.807, 2.05) is 4.90 Å². The summed E-state index contributed by atoms with van der Waals surface area (Å²) in [5, 5.41) is 3.30. The topological polar surface area (TPSA) is 75.4 Å². The maximum Gasteiger partial charge on any atom is 0.239 e. The summed E-state index contributed by atoms with van der Waals surface area (Å²) in [6.07, 6.45) is 3.68. The summed E-state index contributed by atoms with van der Waals surface area (Å²) in [5.41, 5.74) is 5.38. The second-order valence-corrected chi connectivity index (χ2v) is 6.15. The van der Waals surface area contributed by atoms with Gasteiger partial charge in [-0.25, -0.2) is 0 Å². The molecule has 5 heteroatoms. The Kier molecular flexibility index (Phi) is 4.45. The highest BCUT2D eigenvalue weighted by Gasteiger charge is 2.35. The number of carbonyl (C=O) groups is 2. The fraction of sp³-hybridized carbons (Fsp3) is 0.857. The number of primary amides is 1. The Morgan fingerprint density at radius 1 is 1.21 bits per heavy atom. The van der Waals surface area contributed by atoms with Gasteiger partial charge in [-0.05, 0) is 45.1 Å². The Balaban J connectivity index is 2.01. The summed E-state index contributed by atoms with van der Waals surface area (Å²) in [6.45, 7) is 5.63. The van der Waals surface area contributed by atoms with E-state index >= 15 is 0 Å². The van der Waals surface area contributed by atoms with Crippen molar-refractivity contribution in [2.24, 2.45) is 17.6 Å². The Morgan fingerprint density at radius 2 is 1.95 bits per heavy atom. The molecule has 2 heterocycles. The van der Waals surface area contributed by atoms with Crippen molar-refractivity contribution >= 4 is 11.8 Å². The second-order valence-electron chi connectivity index (χ2n) is 6.15. The average Bonchev–Trinajstić information content (AvgIpc) is 2.38. The van der Waals surface area contributed by atoms with Crippen LogP contribution in [0.2, 0.25) is 0 Å². The first kappa shape index (κ1) is 14.3. The maximum absolute atomic E-state index is 12.6. The number of carbonyl (C=O) groups excluding carboxylic acids is 2. The second kappa shape index (κ2) is 5.90. The molecule has 2 saturated heterocycles. The number of nitrogens with two attached hydrogens (primary N) is 1. The Morgan fingerprint density at radius 3 is 2.58 bits per heavy atom. The smallest absolute Gasteiger partial charge is 0.239 e. The molecule has 0 radical (unpaired) electrons. The summed E-state index contributed by atoms with van der Waals surface area (Å²) in [5.74, 6) is 0.267. The van der Waals surface area contributed by atoms with Gasteiger partial charge in [-0.1, -0.05) is 6.92 Å². The van der Waals surface area contributed by atoms with Crippen LogP contribution >= 0.6 is 0 Å². The van der Waals surface area contributed by atoms with E-state index in [4.69, 9.17) is 5.73 Å². The number of likely N-dealkylation sites (tertiary alicyclic amines) is 1. The van der Waals surface area contributed by atoms with Crippen molar-refractivity contribution in [3.05, 3.63) is 0 Å². The fourth-order valence-corrected chi connectivity index (χ4v) is 3.14. The van der Waals surface area contributed by atoms with Crippen molar-refractivity contribution in [2.45, 2.75) is 51.6 Å². The van der Waals surface area contributed by atoms with Crippen LogP contribution in [0.15, 0.2) is 0 Å². The number of nitrogens with zero attached hydrogens (tertiary/aromatic N) is 1. The number of rotatable bonds is 2. The zero-order valence-electron chi connectivity index (χ0n) is 11.9. The molecular weight excluding hydrogens is 242 g/mol. The van der Waals surface area contributed by atoms with Crippen LogP contribution in [0.1, 0.15) is 39.5 Å². The van der Waals surface area contributed by atoms with E-state index in [-0.39, 0.29) is 29.8 Å². The summed E-state index contributed by atoms with van der Waals surface area (Å²) >= 11 is 0. The van der Waals surface area contributed by atoms with Gasteiger partial charge >= 0.3 is 0 Å². The van der Waals surface area contributed by atoms with Crippen LogP contribution in [0.3, 0.4) is 0 Å². The molecule has 0 spiro atoms. The van der Waals surface area contributed by atoms with E-state index in [1.54, 1.807) is 0 Å². The van der Waals surface area contributed by atoms with Crippen molar-refractivity contribution in [2.75, 3.05) is 13.1 Å². The zero-order valence-corrected chi connectivity index (χ0v) is 11.9. The van der Waals surface area contributed by atoms with Crippen molar-refractivity contribution in [3.8, 4) is 0 Å². The van der Waals surface area contributed by atoms with Crippen LogP contribution < -0.4 is 11.1 Å². The normalized spacial score (nSPS) is 36.0. The molecule has 0 aromatic carbocycles. The third kappa shape index (κ3) is 3.26. The highest BCUT2D eigenvalue weighted by molar-refractivity contribution is 5.84. The first-order valence-electron chi connectivity index (χ1n) is 7.32. The third-order valence-corrected chi connectivity index (χ3v) is 4.53. The lowest BCUT2D eigenvalue weighted by Crippen LogP contribution is -2.56. The van der Waals surface area contributed by atoms with Crippen molar-refractivity contribution < 1.29 is 9.59 Å². The molecule has 5 nitrogen and oxygen atoms in total. The van der Waals surface area contributed by atoms with Gasteiger partial charge in [0, 0.05) is 12.6 Å². The van der Waals surface area contributed by atoms with Gasteiger partial charge in [0.2, 0.25) is 11.8 Å². The highest BCUT2D eigenvalue weighted by atomic mass is 16.2. The molecule has 2 aliphatic heterocycles. The van der Waals surface area contributed by atoms with E-state index in [0.717, 1.165) is 32.2 Å². The summed E-state index contributed by atoms with van der Waals surface area (Å²) < 4.78 is 0. The van der Waals surface area contributed by atoms with E-state index < -0.39 is 0 Å². The highest BCUT2D eigenvalue weighted by Crippen LogP contribution is 2.24. The van der Waals surface area contributed by atoms with Crippen LogP contribution in [0, 0.1) is 11.8 Å². The number of nitrogens with one attached hydrogen (secondary N) is 1. The molecule has 2 aliphatic rings. The van der Waals surface area contributed by atoms with Crippen molar-refractivity contribution in [3.63, 3.8) is 0 Å². The predicted octanol–water partition coefficient (Wildman–Crippen LogP) is 0.487. The Labute approximate surface area is 114 Å². The number of hydrogen-bond acceptors (Lipinski definition) is 3. The molecule has 0 aromatic rings. The lowest BCUT2D eigenvalue weighted by atomic mass is 9.89. The minimum Gasteiger partial charge on any atom is -0.369 e. The minimum absolute atomic E-state index is 0.0853. The fourth-order valence-electron chi connectivity index (χ4n) is 3.14. The Bertz CT molecular complexity index is 359. The number of piperidine rings is 2. The molecule has 2 fully saturated rings. The number of hydrogen-bond donors (Lipinski definition) is 2. The molecule has 108 valence electrons. The standard InChI is InChI=1S/C14H25N3O2/c1-9-5-6-16-12(7-9)14(19)17-8-11(13(15)18)4-3-10(17)2/h9-12,16H,3-8H2,1-2H3,(H2,15,18). The number of amides is 2. The van der Waals surface area contributed by atoms with E-state index in [0.29, 0.717) is 12.5 Å². The van der Waals surface area contributed by atoms with Gasteiger partial charge in [-0.2, -0.15) is 0 Å². The Hall–Kier alpha value is -1.10. The molecule has 19 heavy (non-hydrogen) atoms. The SMILES string of the molecule is CC1CCNC(C(=O)N2CC(C(N)=O)CCC2C)C1. The molecule has 2 rings (SSSR count). The van der Waals surface area contributed by atoms with Gasteiger partial charge in [-0.3, -0.25) is 9.59 Å². The zero-order chi connectivity index (χ0) is 14.0. The molecule has 2 amide bonds. The third-order valence-electron chi connectivity index (χ3n) is 4.53. The summed E-state index contributed by atoms with van der Waals surface area (Å²) in [7, 11) is 0. The molecule has 4 unspecified atom stereocenters. The molecule has 0 bridgehead atoms. The van der Waals surface area contributed by atoms with E-state index in [1.165, 1.54) is 0 Å². The molecule has 0 aliphatic carbocycles. The van der Waals surface area contributed by atoms with Gasteiger partial charge in [0.05, 0.1) is 12.0 Å². The molecule has 3 N–H and O–H groups in total. The predicted molar refractivity (Wildman–Crippen MR) is 73.3 cm³/mol. The van der Waals surface area contributed by atoms with Gasteiger partial charge in [0.1, 0.15) is 0 Å². The van der Waals surface area contributed by atoms with Gasteiger partial charge in [0.15, 0.2) is 0 Å². The van der Waals surface area contributed by atoms with Crippen LogP contribution in [-0.4, -0.2) is 41.9 Å². The maximum atomic E-state index is 12.6. The van der Waals surface area contributed by atoms with Crippen LogP contribution in [-0.2, 0) is 9.59 Å². The van der Waals surface area contributed by atoms with Crippen LogP contribution in [0.5, 0.6) is 0 Å². The average molecular weight is 267 g/mol. The lowest BCUT2D eigenvalue weighted by Gasteiger charge is -2.40. The minimum atomic E-state index is -0.283. The van der Waals surface area contributed by atoms with Crippen LogP contribution in [0.25, 0.3) is 0 Å². The van der Waals surface area contributed by atoms with E-state index in [9.17, 15) is 9.59 Å². The van der Waals surface area contributed by atoms with Crippen LogP contribution in [0.4, 0.5) is 0 Å². The van der Waals surface area contributed by atoms with Crippen molar-refractivity contribution in [1.82, 2.24) is 10.2 Å². The lowest BCUT2D eigenvalue weighted by molar-refractivity contribution is -0.140.